The van der Waals surface area contributed by atoms with E-state index in [9.17, 15) is 0 Å². The Morgan fingerprint density at radius 3 is 2.68 bits per heavy atom. The van der Waals surface area contributed by atoms with Gasteiger partial charge in [0.05, 0.1) is 0 Å². The van der Waals surface area contributed by atoms with Crippen molar-refractivity contribution in [3.05, 3.63) is 0 Å². The molecule has 0 saturated heterocycles. The maximum absolute atomic E-state index is 6.17. The van der Waals surface area contributed by atoms with Crippen molar-refractivity contribution in [2.24, 2.45) is 10.4 Å². The van der Waals surface area contributed by atoms with Crippen molar-refractivity contribution in [1.82, 2.24) is 5.32 Å². The molecule has 0 saturated carbocycles. The number of aliphatic imine (C=N–C) groups is 1. The zero-order valence-corrected chi connectivity index (χ0v) is 13.5. The zero-order chi connectivity index (χ0) is 14.4. The van der Waals surface area contributed by atoms with Gasteiger partial charge in [0.25, 0.3) is 0 Å². The van der Waals surface area contributed by atoms with Gasteiger partial charge in [0.1, 0.15) is 5.60 Å². The summed E-state index contributed by atoms with van der Waals surface area (Å²) in [7, 11) is 0. The summed E-state index contributed by atoms with van der Waals surface area (Å²) in [4.78, 5) is 4.53. The van der Waals surface area contributed by atoms with E-state index >= 15 is 0 Å². The SMILES string of the molecule is CCCCNCCC1=NCCC(C)(CC(C)(C)C)O1. The van der Waals surface area contributed by atoms with Gasteiger partial charge < -0.3 is 10.1 Å². The summed E-state index contributed by atoms with van der Waals surface area (Å²) in [5.41, 5.74) is 0.273. The van der Waals surface area contributed by atoms with Crippen LogP contribution in [0.5, 0.6) is 0 Å². The van der Waals surface area contributed by atoms with Crippen molar-refractivity contribution >= 4 is 5.90 Å². The average molecular weight is 268 g/mol. The predicted molar refractivity (Wildman–Crippen MR) is 82.9 cm³/mol. The van der Waals surface area contributed by atoms with Crippen molar-refractivity contribution in [3.63, 3.8) is 0 Å². The maximum Gasteiger partial charge on any atom is 0.185 e. The van der Waals surface area contributed by atoms with E-state index < -0.39 is 0 Å². The van der Waals surface area contributed by atoms with Gasteiger partial charge in [-0.3, -0.25) is 4.99 Å². The first-order valence-electron chi connectivity index (χ1n) is 7.78. The lowest BCUT2D eigenvalue weighted by atomic mass is 9.80. The van der Waals surface area contributed by atoms with Gasteiger partial charge in [-0.15, -0.1) is 0 Å². The van der Waals surface area contributed by atoms with Crippen LogP contribution >= 0.6 is 0 Å². The molecule has 1 N–H and O–H groups in total. The van der Waals surface area contributed by atoms with Crippen LogP contribution in [-0.2, 0) is 4.74 Å². The fourth-order valence-electron chi connectivity index (χ4n) is 2.78. The molecule has 1 aliphatic heterocycles. The fourth-order valence-corrected chi connectivity index (χ4v) is 2.78. The summed E-state index contributed by atoms with van der Waals surface area (Å²) >= 11 is 0. The monoisotopic (exact) mass is 268 g/mol. The quantitative estimate of drug-likeness (QED) is 0.713. The Hall–Kier alpha value is -0.570. The summed E-state index contributed by atoms with van der Waals surface area (Å²) in [6, 6.07) is 0. The van der Waals surface area contributed by atoms with Gasteiger partial charge in [0.15, 0.2) is 5.90 Å². The van der Waals surface area contributed by atoms with Crippen molar-refractivity contribution in [1.29, 1.82) is 0 Å². The first kappa shape index (κ1) is 16.5. The molecule has 1 heterocycles. The minimum absolute atomic E-state index is 0.0290. The van der Waals surface area contributed by atoms with Gasteiger partial charge in [-0.05, 0) is 31.7 Å². The van der Waals surface area contributed by atoms with Crippen molar-refractivity contribution in [3.8, 4) is 0 Å². The van der Waals surface area contributed by atoms with Crippen LogP contribution in [0.4, 0.5) is 0 Å². The largest absolute Gasteiger partial charge is 0.475 e. The highest BCUT2D eigenvalue weighted by atomic mass is 16.5. The van der Waals surface area contributed by atoms with E-state index in [-0.39, 0.29) is 5.60 Å². The normalized spacial score (nSPS) is 23.9. The Kier molecular flexibility index (Phi) is 6.31. The fraction of sp³-hybridized carbons (Fsp3) is 0.938. The highest BCUT2D eigenvalue weighted by Crippen LogP contribution is 2.34. The molecule has 0 fully saturated rings. The van der Waals surface area contributed by atoms with Gasteiger partial charge in [-0.1, -0.05) is 34.1 Å². The molecule has 3 nitrogen and oxygen atoms in total. The first-order valence-corrected chi connectivity index (χ1v) is 7.78. The number of rotatable bonds is 7. The van der Waals surface area contributed by atoms with E-state index in [1.165, 1.54) is 12.8 Å². The molecule has 0 aromatic rings. The second-order valence-electron chi connectivity index (χ2n) is 7.17. The van der Waals surface area contributed by atoms with Gasteiger partial charge >= 0.3 is 0 Å². The molecule has 0 amide bonds. The smallest absolute Gasteiger partial charge is 0.185 e. The number of unbranched alkanes of at least 4 members (excludes halogenated alkanes) is 1. The molecule has 1 rings (SSSR count). The Bertz CT molecular complexity index is 294. The molecular formula is C16H32N2O. The Balaban J connectivity index is 2.35. The van der Waals surface area contributed by atoms with E-state index in [1.807, 2.05) is 0 Å². The summed E-state index contributed by atoms with van der Waals surface area (Å²) in [6.07, 6.45) is 5.53. The number of nitrogens with zero attached hydrogens (tertiary/aromatic N) is 1. The standard InChI is InChI=1S/C16H32N2O/c1-6-7-10-17-11-8-14-18-12-9-16(5,19-14)13-15(2,3)4/h17H,6-13H2,1-5H3. The van der Waals surface area contributed by atoms with Crippen LogP contribution in [0.1, 0.15) is 66.7 Å². The molecule has 1 unspecified atom stereocenters. The van der Waals surface area contributed by atoms with Crippen LogP contribution in [0.2, 0.25) is 0 Å². The lowest BCUT2D eigenvalue weighted by Gasteiger charge is -2.38. The van der Waals surface area contributed by atoms with Crippen LogP contribution in [0.25, 0.3) is 0 Å². The van der Waals surface area contributed by atoms with Crippen LogP contribution in [0.3, 0.4) is 0 Å². The molecule has 0 aliphatic carbocycles. The van der Waals surface area contributed by atoms with Gasteiger partial charge in [-0.25, -0.2) is 0 Å². The molecule has 112 valence electrons. The van der Waals surface area contributed by atoms with E-state index in [1.54, 1.807) is 0 Å². The minimum Gasteiger partial charge on any atom is -0.475 e. The van der Waals surface area contributed by atoms with Gasteiger partial charge in [-0.2, -0.15) is 0 Å². The second kappa shape index (κ2) is 7.28. The molecule has 0 radical (unpaired) electrons. The molecule has 3 heteroatoms. The van der Waals surface area contributed by atoms with E-state index in [0.29, 0.717) is 5.41 Å². The summed E-state index contributed by atoms with van der Waals surface area (Å²) in [5, 5.41) is 3.45. The van der Waals surface area contributed by atoms with Crippen molar-refractivity contribution in [2.75, 3.05) is 19.6 Å². The van der Waals surface area contributed by atoms with Gasteiger partial charge in [0, 0.05) is 25.9 Å². The maximum atomic E-state index is 6.17. The highest BCUT2D eigenvalue weighted by molar-refractivity contribution is 5.77. The Morgan fingerprint density at radius 1 is 1.32 bits per heavy atom. The molecule has 0 spiro atoms. The minimum atomic E-state index is -0.0290. The average Bonchev–Trinajstić information content (AvgIpc) is 2.25. The van der Waals surface area contributed by atoms with Crippen LogP contribution in [0.15, 0.2) is 4.99 Å². The number of ether oxygens (including phenoxy) is 1. The van der Waals surface area contributed by atoms with Gasteiger partial charge in [0.2, 0.25) is 0 Å². The van der Waals surface area contributed by atoms with E-state index in [2.05, 4.69) is 44.9 Å². The van der Waals surface area contributed by atoms with Crippen LogP contribution < -0.4 is 5.32 Å². The van der Waals surface area contributed by atoms with Crippen LogP contribution in [0, 0.1) is 5.41 Å². The van der Waals surface area contributed by atoms with E-state index in [0.717, 1.165) is 44.8 Å². The third-order valence-corrected chi connectivity index (χ3v) is 3.42. The summed E-state index contributed by atoms with van der Waals surface area (Å²) < 4.78 is 6.17. The zero-order valence-electron chi connectivity index (χ0n) is 13.5. The molecule has 0 bridgehead atoms. The molecular weight excluding hydrogens is 236 g/mol. The molecule has 19 heavy (non-hydrogen) atoms. The summed E-state index contributed by atoms with van der Waals surface area (Å²) in [5.74, 6) is 0.946. The second-order valence-corrected chi connectivity index (χ2v) is 7.17. The Labute approximate surface area is 119 Å². The third-order valence-electron chi connectivity index (χ3n) is 3.42. The third kappa shape index (κ3) is 6.95. The predicted octanol–water partition coefficient (Wildman–Crippen LogP) is 3.78. The van der Waals surface area contributed by atoms with Crippen molar-refractivity contribution in [2.45, 2.75) is 72.3 Å². The lowest BCUT2D eigenvalue weighted by molar-refractivity contribution is 0.0148. The Morgan fingerprint density at radius 2 is 2.05 bits per heavy atom. The van der Waals surface area contributed by atoms with Crippen LogP contribution in [-0.4, -0.2) is 31.1 Å². The molecule has 0 aromatic heterocycles. The first-order chi connectivity index (χ1) is 8.85. The molecule has 1 atom stereocenters. The summed E-state index contributed by atoms with van der Waals surface area (Å²) in [6.45, 7) is 14.3. The highest BCUT2D eigenvalue weighted by Gasteiger charge is 2.34. The topological polar surface area (TPSA) is 33.6 Å². The van der Waals surface area contributed by atoms with Crippen molar-refractivity contribution < 1.29 is 4.74 Å². The van der Waals surface area contributed by atoms with E-state index in [4.69, 9.17) is 4.74 Å². The number of hydrogen-bond donors (Lipinski definition) is 1. The number of hydrogen-bond acceptors (Lipinski definition) is 3. The molecule has 1 aliphatic rings. The lowest BCUT2D eigenvalue weighted by Crippen LogP contribution is -2.40. The molecule has 0 aromatic carbocycles. The number of nitrogens with one attached hydrogen (secondary N) is 1.